The third kappa shape index (κ3) is 3.06. The number of hydrogen-bond acceptors (Lipinski definition) is 5. The predicted molar refractivity (Wildman–Crippen MR) is 89.6 cm³/mol. The summed E-state index contributed by atoms with van der Waals surface area (Å²) in [7, 11) is 0. The van der Waals surface area contributed by atoms with E-state index in [4.69, 9.17) is 15.2 Å². The molecule has 0 saturated heterocycles. The maximum atomic E-state index is 11.9. The molecule has 6 nitrogen and oxygen atoms in total. The van der Waals surface area contributed by atoms with Crippen LogP contribution < -0.4 is 10.5 Å². The van der Waals surface area contributed by atoms with Crippen molar-refractivity contribution in [2.45, 2.75) is 25.8 Å². The molecule has 1 aliphatic heterocycles. The van der Waals surface area contributed by atoms with Gasteiger partial charge in [-0.3, -0.25) is 0 Å². The minimum atomic E-state index is -0.447. The number of fused-ring (bicyclic) bond motifs is 1. The fourth-order valence-corrected chi connectivity index (χ4v) is 3.10. The topological polar surface area (TPSA) is 79.4 Å². The Hall–Kier alpha value is -2.02. The first-order valence-electron chi connectivity index (χ1n) is 7.54. The number of nitrogens with zero attached hydrogens (tertiary/aromatic N) is 2. The fourth-order valence-electron chi connectivity index (χ4n) is 2.76. The zero-order valence-electron chi connectivity index (χ0n) is 12.8. The Kier molecular flexibility index (Phi) is 4.56. The zero-order chi connectivity index (χ0) is 16.4. The van der Waals surface area contributed by atoms with Gasteiger partial charge in [0, 0.05) is 10.0 Å². The van der Waals surface area contributed by atoms with Crippen LogP contribution in [0.3, 0.4) is 0 Å². The monoisotopic (exact) mass is 379 g/mol. The summed E-state index contributed by atoms with van der Waals surface area (Å²) in [5, 5.41) is 4.33. The second-order valence-corrected chi connectivity index (χ2v) is 6.21. The summed E-state index contributed by atoms with van der Waals surface area (Å²) in [4.78, 5) is 11.9. The minimum Gasteiger partial charge on any atom is -0.493 e. The van der Waals surface area contributed by atoms with Crippen LogP contribution in [-0.4, -0.2) is 29.0 Å². The Bertz CT molecular complexity index is 729. The second kappa shape index (κ2) is 6.62. The number of anilines is 1. The number of carbonyl (C=O) groups is 1. The average molecular weight is 380 g/mol. The van der Waals surface area contributed by atoms with E-state index in [0.717, 1.165) is 28.6 Å². The van der Waals surface area contributed by atoms with Crippen LogP contribution >= 0.6 is 15.9 Å². The first kappa shape index (κ1) is 15.9. The van der Waals surface area contributed by atoms with Crippen molar-refractivity contribution >= 4 is 27.7 Å². The molecule has 7 heteroatoms. The van der Waals surface area contributed by atoms with Crippen LogP contribution in [0.15, 0.2) is 28.9 Å². The largest absolute Gasteiger partial charge is 0.493 e. The van der Waals surface area contributed by atoms with Crippen LogP contribution in [0.2, 0.25) is 0 Å². The summed E-state index contributed by atoms with van der Waals surface area (Å²) in [6, 6.07) is 5.84. The number of esters is 1. The number of nitrogens with two attached hydrogens (primary N) is 1. The van der Waals surface area contributed by atoms with Crippen molar-refractivity contribution in [3.63, 3.8) is 0 Å². The molecule has 0 amide bonds. The lowest BCUT2D eigenvalue weighted by molar-refractivity contribution is 0.0527. The normalized spacial score (nSPS) is 17.0. The van der Waals surface area contributed by atoms with Crippen LogP contribution in [0.4, 0.5) is 5.82 Å². The van der Waals surface area contributed by atoms with Crippen molar-refractivity contribution in [1.82, 2.24) is 9.78 Å². The highest BCUT2D eigenvalue weighted by atomic mass is 79.9. The number of benzene rings is 1. The van der Waals surface area contributed by atoms with Crippen molar-refractivity contribution in [3.05, 3.63) is 40.0 Å². The Morgan fingerprint density at radius 2 is 2.39 bits per heavy atom. The lowest BCUT2D eigenvalue weighted by Crippen LogP contribution is -2.16. The molecule has 2 heterocycles. The van der Waals surface area contributed by atoms with E-state index < -0.39 is 5.97 Å². The molecule has 122 valence electrons. The van der Waals surface area contributed by atoms with E-state index in [9.17, 15) is 4.79 Å². The first-order valence-corrected chi connectivity index (χ1v) is 8.33. The van der Waals surface area contributed by atoms with Crippen LogP contribution in [0.25, 0.3) is 0 Å². The number of ether oxygens (including phenoxy) is 2. The summed E-state index contributed by atoms with van der Waals surface area (Å²) < 4.78 is 13.5. The number of aromatic nitrogens is 2. The van der Waals surface area contributed by atoms with Crippen molar-refractivity contribution in [1.29, 1.82) is 0 Å². The van der Waals surface area contributed by atoms with Gasteiger partial charge in [0.15, 0.2) is 0 Å². The van der Waals surface area contributed by atoms with Gasteiger partial charge in [-0.15, -0.1) is 0 Å². The van der Waals surface area contributed by atoms with Gasteiger partial charge in [-0.1, -0.05) is 22.0 Å². The molecule has 0 radical (unpaired) electrons. The fraction of sp³-hybridized carbons (Fsp3) is 0.375. The maximum Gasteiger partial charge on any atom is 0.343 e. The molecule has 0 saturated carbocycles. The van der Waals surface area contributed by atoms with Crippen molar-refractivity contribution in [3.8, 4) is 5.75 Å². The van der Waals surface area contributed by atoms with Gasteiger partial charge >= 0.3 is 5.97 Å². The second-order valence-electron chi connectivity index (χ2n) is 5.30. The molecule has 2 aromatic rings. The van der Waals surface area contributed by atoms with Gasteiger partial charge in [-0.25, -0.2) is 9.48 Å². The predicted octanol–water partition coefficient (Wildman–Crippen LogP) is 3.17. The van der Waals surface area contributed by atoms with Crippen LogP contribution in [0, 0.1) is 0 Å². The van der Waals surface area contributed by atoms with Crippen molar-refractivity contribution in [2.24, 2.45) is 0 Å². The molecule has 2 N–H and O–H groups in total. The Labute approximate surface area is 142 Å². The summed E-state index contributed by atoms with van der Waals surface area (Å²) in [5.74, 6) is 0.691. The minimum absolute atomic E-state index is 0.0659. The number of nitrogen functional groups attached to an aromatic ring is 1. The molecule has 1 aromatic carbocycles. The highest BCUT2D eigenvalue weighted by molar-refractivity contribution is 9.10. The number of halogens is 1. The number of rotatable bonds is 3. The highest BCUT2D eigenvalue weighted by Crippen LogP contribution is 2.37. The molecule has 1 atom stereocenters. The van der Waals surface area contributed by atoms with Gasteiger partial charge in [0.2, 0.25) is 0 Å². The van der Waals surface area contributed by atoms with E-state index in [2.05, 4.69) is 21.0 Å². The molecule has 0 bridgehead atoms. The molecule has 1 unspecified atom stereocenters. The van der Waals surface area contributed by atoms with Gasteiger partial charge < -0.3 is 15.2 Å². The van der Waals surface area contributed by atoms with Gasteiger partial charge in [-0.05, 0) is 31.9 Å². The molecule has 3 rings (SSSR count). The molecule has 0 spiro atoms. The molecular formula is C16H18BrN3O3. The van der Waals surface area contributed by atoms with E-state index in [-0.39, 0.29) is 6.04 Å². The third-order valence-corrected chi connectivity index (χ3v) is 4.33. The van der Waals surface area contributed by atoms with Gasteiger partial charge in [-0.2, -0.15) is 5.10 Å². The Morgan fingerprint density at radius 1 is 1.57 bits per heavy atom. The quantitative estimate of drug-likeness (QED) is 0.828. The lowest BCUT2D eigenvalue weighted by Gasteiger charge is -2.19. The summed E-state index contributed by atoms with van der Waals surface area (Å²) in [6.45, 7) is 2.71. The summed E-state index contributed by atoms with van der Waals surface area (Å²) >= 11 is 3.46. The standard InChI is InChI=1S/C16H18BrN3O3/c1-2-22-16(21)12-9-19-20(15(12)18)13-4-3-7-23-14-8-10(17)5-6-11(13)14/h5-6,8-9,13H,2-4,7,18H2,1H3. The molecule has 0 fully saturated rings. The average Bonchev–Trinajstić information content (AvgIpc) is 2.78. The van der Waals surface area contributed by atoms with Crippen molar-refractivity contribution in [2.75, 3.05) is 18.9 Å². The molecule has 1 aromatic heterocycles. The molecule has 0 aliphatic carbocycles. The van der Waals surface area contributed by atoms with E-state index >= 15 is 0 Å². The highest BCUT2D eigenvalue weighted by Gasteiger charge is 2.26. The van der Waals surface area contributed by atoms with Crippen LogP contribution in [0.5, 0.6) is 5.75 Å². The number of hydrogen-bond donors (Lipinski definition) is 1. The van der Waals surface area contributed by atoms with Crippen LogP contribution in [0.1, 0.15) is 41.7 Å². The van der Waals surface area contributed by atoms with E-state index in [0.29, 0.717) is 24.6 Å². The molecule has 23 heavy (non-hydrogen) atoms. The summed E-state index contributed by atoms with van der Waals surface area (Å²) in [6.07, 6.45) is 3.19. The molecular weight excluding hydrogens is 362 g/mol. The number of carbonyl (C=O) groups excluding carboxylic acids is 1. The van der Waals surface area contributed by atoms with Crippen LogP contribution in [-0.2, 0) is 4.74 Å². The van der Waals surface area contributed by atoms with E-state index in [1.807, 2.05) is 18.2 Å². The Balaban J connectivity index is 2.01. The van der Waals surface area contributed by atoms with Gasteiger partial charge in [0.1, 0.15) is 17.1 Å². The Morgan fingerprint density at radius 3 is 3.17 bits per heavy atom. The summed E-state index contributed by atoms with van der Waals surface area (Å²) in [5.41, 5.74) is 7.46. The van der Waals surface area contributed by atoms with Crippen molar-refractivity contribution < 1.29 is 14.3 Å². The SMILES string of the molecule is CCOC(=O)c1cnn(C2CCCOc3cc(Br)ccc32)c1N. The zero-order valence-corrected chi connectivity index (χ0v) is 14.4. The third-order valence-electron chi connectivity index (χ3n) is 3.84. The molecule has 1 aliphatic rings. The maximum absolute atomic E-state index is 11.9. The smallest absolute Gasteiger partial charge is 0.343 e. The lowest BCUT2D eigenvalue weighted by atomic mass is 10.0. The van der Waals surface area contributed by atoms with Gasteiger partial charge in [0.05, 0.1) is 25.5 Å². The van der Waals surface area contributed by atoms with Gasteiger partial charge in [0.25, 0.3) is 0 Å². The first-order chi connectivity index (χ1) is 11.1. The van der Waals surface area contributed by atoms with E-state index in [1.54, 1.807) is 11.6 Å². The van der Waals surface area contributed by atoms with E-state index in [1.165, 1.54) is 6.20 Å².